The number of rotatable bonds is 7. The van der Waals surface area contributed by atoms with Crippen LogP contribution in [0.25, 0.3) is 0 Å². The molecule has 0 saturated carbocycles. The highest BCUT2D eigenvalue weighted by Gasteiger charge is 2.35. The van der Waals surface area contributed by atoms with Crippen LogP contribution in [-0.2, 0) is 11.2 Å². The van der Waals surface area contributed by atoms with Gasteiger partial charge in [-0.2, -0.15) is 5.10 Å². The van der Waals surface area contributed by atoms with Crippen molar-refractivity contribution in [3.05, 3.63) is 17.5 Å². The second-order valence-corrected chi connectivity index (χ2v) is 5.05. The Balaban J connectivity index is 2.45. The Morgan fingerprint density at radius 2 is 2.35 bits per heavy atom. The lowest BCUT2D eigenvalue weighted by Crippen LogP contribution is -2.47. The molecular formula is C13H23N5O2. The number of amidine groups is 1. The topological polar surface area (TPSA) is 116 Å². The van der Waals surface area contributed by atoms with E-state index in [0.717, 1.165) is 24.1 Å². The van der Waals surface area contributed by atoms with Gasteiger partial charge in [0.05, 0.1) is 6.20 Å². The molecule has 112 valence electrons. The van der Waals surface area contributed by atoms with E-state index in [0.29, 0.717) is 13.0 Å². The van der Waals surface area contributed by atoms with Crippen LogP contribution in [0.15, 0.2) is 11.4 Å². The van der Waals surface area contributed by atoms with Crippen molar-refractivity contribution in [2.24, 2.45) is 16.3 Å². The average Bonchev–Trinajstić information content (AvgIpc) is 2.86. The number of nitrogens with one attached hydrogen (secondary N) is 2. The Hall–Kier alpha value is -2.05. The van der Waals surface area contributed by atoms with E-state index in [-0.39, 0.29) is 11.7 Å². The molecule has 1 rings (SSSR count). The summed E-state index contributed by atoms with van der Waals surface area (Å²) >= 11 is 0. The zero-order valence-corrected chi connectivity index (χ0v) is 12.2. The molecule has 7 nitrogen and oxygen atoms in total. The third-order valence-corrected chi connectivity index (χ3v) is 3.72. The fourth-order valence-corrected chi connectivity index (χ4v) is 1.87. The van der Waals surface area contributed by atoms with Gasteiger partial charge in [0.25, 0.3) is 0 Å². The minimum Gasteiger partial charge on any atom is -0.409 e. The molecule has 0 radical (unpaired) electrons. The monoisotopic (exact) mass is 281 g/mol. The minimum atomic E-state index is -0.972. The van der Waals surface area contributed by atoms with Crippen molar-refractivity contribution in [1.29, 1.82) is 0 Å². The fourth-order valence-electron chi connectivity index (χ4n) is 1.87. The van der Waals surface area contributed by atoms with E-state index in [4.69, 9.17) is 10.9 Å². The third-order valence-electron chi connectivity index (χ3n) is 3.72. The predicted octanol–water partition coefficient (Wildman–Crippen LogP) is 0.930. The lowest BCUT2D eigenvalue weighted by molar-refractivity contribution is -0.127. The molecule has 5 N–H and O–H groups in total. The summed E-state index contributed by atoms with van der Waals surface area (Å²) in [6, 6.07) is 0. The van der Waals surface area contributed by atoms with E-state index in [1.54, 1.807) is 13.1 Å². The van der Waals surface area contributed by atoms with E-state index in [1.807, 2.05) is 13.8 Å². The summed E-state index contributed by atoms with van der Waals surface area (Å²) in [5, 5.41) is 21.4. The van der Waals surface area contributed by atoms with Gasteiger partial charge in [-0.1, -0.05) is 12.1 Å². The molecule has 0 aliphatic heterocycles. The van der Waals surface area contributed by atoms with Crippen LogP contribution in [0, 0.1) is 12.3 Å². The zero-order chi connectivity index (χ0) is 15.2. The summed E-state index contributed by atoms with van der Waals surface area (Å²) < 4.78 is 0. The Morgan fingerprint density at radius 3 is 2.85 bits per heavy atom. The number of nitrogens with two attached hydrogens (primary N) is 1. The number of aromatic nitrogens is 2. The highest BCUT2D eigenvalue weighted by molar-refractivity contribution is 6.06. The van der Waals surface area contributed by atoms with Gasteiger partial charge in [-0.25, -0.2) is 0 Å². The van der Waals surface area contributed by atoms with Crippen molar-refractivity contribution in [3.8, 4) is 0 Å². The zero-order valence-electron chi connectivity index (χ0n) is 12.2. The van der Waals surface area contributed by atoms with E-state index < -0.39 is 5.41 Å². The van der Waals surface area contributed by atoms with Crippen molar-refractivity contribution in [1.82, 2.24) is 15.5 Å². The largest absolute Gasteiger partial charge is 0.409 e. The molecule has 0 aromatic carbocycles. The van der Waals surface area contributed by atoms with Gasteiger partial charge in [0, 0.05) is 12.2 Å². The Morgan fingerprint density at radius 1 is 1.65 bits per heavy atom. The van der Waals surface area contributed by atoms with Crippen LogP contribution in [0.5, 0.6) is 0 Å². The van der Waals surface area contributed by atoms with Gasteiger partial charge >= 0.3 is 0 Å². The number of amides is 1. The average molecular weight is 281 g/mol. The van der Waals surface area contributed by atoms with Crippen LogP contribution < -0.4 is 11.1 Å². The van der Waals surface area contributed by atoms with Gasteiger partial charge in [0.2, 0.25) is 5.91 Å². The van der Waals surface area contributed by atoms with Crippen molar-refractivity contribution in [2.75, 3.05) is 6.54 Å². The molecule has 0 saturated heterocycles. The summed E-state index contributed by atoms with van der Waals surface area (Å²) in [6.45, 7) is 6.00. The van der Waals surface area contributed by atoms with Crippen LogP contribution in [0.2, 0.25) is 0 Å². The second-order valence-electron chi connectivity index (χ2n) is 5.05. The van der Waals surface area contributed by atoms with Crippen LogP contribution >= 0.6 is 0 Å². The number of nitrogens with zero attached hydrogens (tertiary/aromatic N) is 2. The van der Waals surface area contributed by atoms with Crippen molar-refractivity contribution < 1.29 is 10.0 Å². The van der Waals surface area contributed by atoms with E-state index in [9.17, 15) is 4.79 Å². The number of oxime groups is 1. The van der Waals surface area contributed by atoms with Gasteiger partial charge < -0.3 is 16.3 Å². The maximum Gasteiger partial charge on any atom is 0.233 e. The van der Waals surface area contributed by atoms with Crippen molar-refractivity contribution in [3.63, 3.8) is 0 Å². The van der Waals surface area contributed by atoms with Gasteiger partial charge in [-0.3, -0.25) is 9.89 Å². The molecule has 7 heteroatoms. The Kier molecular flexibility index (Phi) is 5.54. The molecule has 0 fully saturated rings. The molecule has 0 aliphatic rings. The van der Waals surface area contributed by atoms with Crippen LogP contribution in [0.3, 0.4) is 0 Å². The van der Waals surface area contributed by atoms with Gasteiger partial charge in [0.15, 0.2) is 5.84 Å². The minimum absolute atomic E-state index is 0.0665. The molecule has 1 heterocycles. The molecule has 1 amide bonds. The first-order chi connectivity index (χ1) is 9.45. The number of carbonyl (C=O) groups is 1. The number of aryl methyl sites for hydroxylation is 2. The first-order valence-corrected chi connectivity index (χ1v) is 6.70. The summed E-state index contributed by atoms with van der Waals surface area (Å²) in [5.74, 6) is -0.289. The summed E-state index contributed by atoms with van der Waals surface area (Å²) in [5.41, 5.74) is 6.81. The maximum absolute atomic E-state index is 12.1. The second kappa shape index (κ2) is 6.93. The summed E-state index contributed by atoms with van der Waals surface area (Å²) in [6.07, 6.45) is 3.91. The predicted molar refractivity (Wildman–Crippen MR) is 76.5 cm³/mol. The Labute approximate surface area is 118 Å². The SMILES string of the molecule is CCC(C)(C(=O)NCCCc1cn[nH]c1C)C(N)=NO. The lowest BCUT2D eigenvalue weighted by atomic mass is 9.85. The van der Waals surface area contributed by atoms with Crippen molar-refractivity contribution in [2.45, 2.75) is 40.0 Å². The summed E-state index contributed by atoms with van der Waals surface area (Å²) in [4.78, 5) is 12.1. The number of carbonyl (C=O) groups excluding carboxylic acids is 1. The number of H-pyrrole nitrogens is 1. The molecule has 20 heavy (non-hydrogen) atoms. The number of hydrogen-bond donors (Lipinski definition) is 4. The molecule has 0 spiro atoms. The summed E-state index contributed by atoms with van der Waals surface area (Å²) in [7, 11) is 0. The molecular weight excluding hydrogens is 258 g/mol. The quantitative estimate of drug-likeness (QED) is 0.195. The molecule has 1 aromatic rings. The number of hydrogen-bond acceptors (Lipinski definition) is 4. The van der Waals surface area contributed by atoms with E-state index in [2.05, 4.69) is 20.7 Å². The van der Waals surface area contributed by atoms with E-state index >= 15 is 0 Å². The van der Waals surface area contributed by atoms with Gasteiger partial charge in [-0.15, -0.1) is 0 Å². The Bertz CT molecular complexity index is 483. The number of aromatic amines is 1. The van der Waals surface area contributed by atoms with Gasteiger partial charge in [-0.05, 0) is 38.7 Å². The standard InChI is InChI=1S/C13H23N5O2/c1-4-13(3,11(14)18-20)12(19)15-7-5-6-10-8-16-17-9(10)2/h8,20H,4-7H2,1-3H3,(H2,14,18)(H,15,19)(H,16,17). The maximum atomic E-state index is 12.1. The first kappa shape index (κ1) is 16.0. The van der Waals surface area contributed by atoms with E-state index in [1.165, 1.54) is 0 Å². The molecule has 1 aromatic heterocycles. The normalized spacial score (nSPS) is 14.8. The molecule has 1 unspecified atom stereocenters. The molecule has 0 bridgehead atoms. The smallest absolute Gasteiger partial charge is 0.233 e. The van der Waals surface area contributed by atoms with Gasteiger partial charge in [0.1, 0.15) is 5.41 Å². The first-order valence-electron chi connectivity index (χ1n) is 6.70. The van der Waals surface area contributed by atoms with Crippen LogP contribution in [0.4, 0.5) is 0 Å². The van der Waals surface area contributed by atoms with Crippen LogP contribution in [-0.4, -0.2) is 33.7 Å². The van der Waals surface area contributed by atoms with Crippen molar-refractivity contribution >= 4 is 11.7 Å². The molecule has 0 aliphatic carbocycles. The highest BCUT2D eigenvalue weighted by Crippen LogP contribution is 2.21. The molecule has 1 atom stereocenters. The highest BCUT2D eigenvalue weighted by atomic mass is 16.4. The van der Waals surface area contributed by atoms with Crippen LogP contribution in [0.1, 0.15) is 37.9 Å². The lowest BCUT2D eigenvalue weighted by Gasteiger charge is -2.25. The fraction of sp³-hybridized carbons (Fsp3) is 0.615. The third kappa shape index (κ3) is 3.49.